The van der Waals surface area contributed by atoms with Gasteiger partial charge in [-0.25, -0.2) is 4.57 Å². The third-order valence-electron chi connectivity index (χ3n) is 13.5. The number of phosphoric acid groups is 1. The summed E-state index contributed by atoms with van der Waals surface area (Å²) in [6.07, 6.45) is 81.0. The molecule has 0 saturated carbocycles. The predicted octanol–water partition coefficient (Wildman–Crippen LogP) is 20.2. The highest BCUT2D eigenvalue weighted by atomic mass is 31.2. The number of carbonyl (C=O) groups is 2. The second kappa shape index (κ2) is 61.4. The fourth-order valence-electron chi connectivity index (χ4n) is 8.87. The van der Waals surface area contributed by atoms with Crippen LogP contribution in [-0.2, 0) is 32.7 Å². The fraction of sp³-hybridized carbons (Fsp3) is 0.758. The van der Waals surface area contributed by atoms with Crippen molar-refractivity contribution >= 4 is 19.8 Å². The molecule has 2 atom stereocenters. The van der Waals surface area contributed by atoms with Gasteiger partial charge in [0.1, 0.15) is 6.61 Å². The lowest BCUT2D eigenvalue weighted by molar-refractivity contribution is -0.161. The summed E-state index contributed by atoms with van der Waals surface area (Å²) in [6.45, 7) is 3.63. The molecule has 0 rings (SSSR count). The van der Waals surface area contributed by atoms with Crippen LogP contribution in [0.4, 0.5) is 0 Å². The van der Waals surface area contributed by atoms with E-state index in [1.165, 1.54) is 167 Å². The smallest absolute Gasteiger partial charge is 0.462 e. The first-order valence-electron chi connectivity index (χ1n) is 31.6. The van der Waals surface area contributed by atoms with Crippen molar-refractivity contribution in [1.29, 1.82) is 0 Å². The molecule has 9 nitrogen and oxygen atoms in total. The van der Waals surface area contributed by atoms with Crippen LogP contribution in [-0.4, -0.2) is 49.3 Å². The maximum atomic E-state index is 12.7. The molecule has 0 spiro atoms. The van der Waals surface area contributed by atoms with Gasteiger partial charge in [0.15, 0.2) is 6.10 Å². The van der Waals surface area contributed by atoms with Crippen LogP contribution < -0.4 is 5.73 Å². The zero-order valence-electron chi connectivity index (χ0n) is 49.2. The van der Waals surface area contributed by atoms with E-state index in [2.05, 4.69) is 98.9 Å². The van der Waals surface area contributed by atoms with Crippen molar-refractivity contribution in [2.75, 3.05) is 26.4 Å². The molecule has 0 fully saturated rings. The van der Waals surface area contributed by atoms with E-state index in [9.17, 15) is 19.0 Å². The van der Waals surface area contributed by atoms with E-state index in [-0.39, 0.29) is 38.6 Å². The Morgan fingerprint density at radius 3 is 1.09 bits per heavy atom. The van der Waals surface area contributed by atoms with Crippen molar-refractivity contribution in [2.24, 2.45) is 5.73 Å². The second-order valence-electron chi connectivity index (χ2n) is 20.9. The third kappa shape index (κ3) is 60.4. The van der Waals surface area contributed by atoms with Gasteiger partial charge in [-0.15, -0.1) is 0 Å². The standard InChI is InChI=1S/C66H118NO8P/c1-3-5-7-9-11-13-15-17-19-20-21-22-23-24-25-26-27-28-29-30-31-32-33-34-35-36-37-38-39-40-41-42-43-44-45-47-49-51-53-55-57-59-66(69)75-64(63-74-76(70,71)73-61-60-67)62-72-65(68)58-56-54-52-50-48-46-18-16-14-12-10-8-6-4-2/h5,7,11,13,16-19,21-22,24-25,27-28,64H,3-4,6,8-10,12,14-15,20,23,26,29-63,67H2,1-2H3,(H,70,71)/b7-5-,13-11-,18-16-,19-17-,22-21-,25-24-,28-27-. The van der Waals surface area contributed by atoms with Crippen molar-refractivity contribution in [1.82, 2.24) is 0 Å². The maximum absolute atomic E-state index is 12.7. The van der Waals surface area contributed by atoms with Gasteiger partial charge in [0.25, 0.3) is 0 Å². The summed E-state index contributed by atoms with van der Waals surface area (Å²) in [5.41, 5.74) is 5.38. The Labute approximate surface area is 468 Å². The minimum atomic E-state index is -4.39. The van der Waals surface area contributed by atoms with Crippen LogP contribution in [0.15, 0.2) is 85.1 Å². The Kier molecular flexibility index (Phi) is 59.1. The minimum Gasteiger partial charge on any atom is -0.462 e. The number of allylic oxidation sites excluding steroid dienone is 14. The first kappa shape index (κ1) is 73.2. The van der Waals surface area contributed by atoms with Crippen LogP contribution in [0.25, 0.3) is 0 Å². The zero-order chi connectivity index (χ0) is 55.2. The van der Waals surface area contributed by atoms with Crippen molar-refractivity contribution in [3.05, 3.63) is 85.1 Å². The van der Waals surface area contributed by atoms with Gasteiger partial charge in [-0.05, 0) is 89.9 Å². The number of rotatable bonds is 59. The first-order valence-corrected chi connectivity index (χ1v) is 33.1. The molecular formula is C66H118NO8P. The molecule has 0 aromatic carbocycles. The summed E-state index contributed by atoms with van der Waals surface area (Å²) < 4.78 is 33.0. The van der Waals surface area contributed by atoms with Gasteiger partial charge < -0.3 is 20.1 Å². The van der Waals surface area contributed by atoms with E-state index in [0.717, 1.165) is 89.9 Å². The number of ether oxygens (including phenoxy) is 2. The molecule has 0 radical (unpaired) electrons. The van der Waals surface area contributed by atoms with Crippen LogP contribution in [0.1, 0.15) is 290 Å². The number of phosphoric ester groups is 1. The van der Waals surface area contributed by atoms with Crippen molar-refractivity contribution in [3.8, 4) is 0 Å². The molecule has 0 aromatic heterocycles. The van der Waals surface area contributed by atoms with Crippen molar-refractivity contribution in [3.63, 3.8) is 0 Å². The van der Waals surface area contributed by atoms with Crippen molar-refractivity contribution in [2.45, 2.75) is 296 Å². The number of unbranched alkanes of at least 4 members (excludes halogenated alkanes) is 32. The number of nitrogens with two attached hydrogens (primary N) is 1. The summed E-state index contributed by atoms with van der Waals surface area (Å²) in [4.78, 5) is 35.1. The van der Waals surface area contributed by atoms with Gasteiger partial charge in [0.2, 0.25) is 0 Å². The molecule has 0 aromatic rings. The quantitative estimate of drug-likeness (QED) is 0.0264. The summed E-state index contributed by atoms with van der Waals surface area (Å²) >= 11 is 0. The van der Waals surface area contributed by atoms with Gasteiger partial charge in [0, 0.05) is 19.4 Å². The molecule has 0 aliphatic rings. The minimum absolute atomic E-state index is 0.0520. The number of carbonyl (C=O) groups excluding carboxylic acids is 2. The number of esters is 2. The van der Waals surface area contributed by atoms with Gasteiger partial charge >= 0.3 is 19.8 Å². The monoisotopic (exact) mass is 1080 g/mol. The highest BCUT2D eigenvalue weighted by molar-refractivity contribution is 7.47. The maximum Gasteiger partial charge on any atom is 0.472 e. The Morgan fingerprint density at radius 2 is 0.724 bits per heavy atom. The molecule has 0 aliphatic heterocycles. The Bertz CT molecular complexity index is 1520. The lowest BCUT2D eigenvalue weighted by Gasteiger charge is -2.19. The van der Waals surface area contributed by atoms with E-state index < -0.39 is 26.5 Å². The van der Waals surface area contributed by atoms with Crippen LogP contribution in [0.5, 0.6) is 0 Å². The van der Waals surface area contributed by atoms with E-state index in [1.807, 2.05) is 0 Å². The molecule has 2 unspecified atom stereocenters. The molecule has 0 aliphatic carbocycles. The molecule has 440 valence electrons. The summed E-state index contributed by atoms with van der Waals surface area (Å²) in [5, 5.41) is 0. The summed E-state index contributed by atoms with van der Waals surface area (Å²) in [6, 6.07) is 0. The Hall–Kier alpha value is -2.81. The Balaban J connectivity index is 3.78. The lowest BCUT2D eigenvalue weighted by atomic mass is 10.0. The molecule has 0 amide bonds. The van der Waals surface area contributed by atoms with E-state index in [1.54, 1.807) is 0 Å². The van der Waals surface area contributed by atoms with Crippen LogP contribution in [0.3, 0.4) is 0 Å². The molecule has 0 bridgehead atoms. The fourth-order valence-corrected chi connectivity index (χ4v) is 9.64. The molecule has 3 N–H and O–H groups in total. The largest absolute Gasteiger partial charge is 0.472 e. The normalized spacial score (nSPS) is 13.6. The van der Waals surface area contributed by atoms with Crippen LogP contribution in [0, 0.1) is 0 Å². The first-order chi connectivity index (χ1) is 37.3. The third-order valence-corrected chi connectivity index (χ3v) is 14.5. The van der Waals surface area contributed by atoms with Crippen LogP contribution >= 0.6 is 7.82 Å². The van der Waals surface area contributed by atoms with E-state index in [0.29, 0.717) is 6.42 Å². The van der Waals surface area contributed by atoms with Crippen molar-refractivity contribution < 1.29 is 37.6 Å². The average molecular weight is 1080 g/mol. The topological polar surface area (TPSA) is 134 Å². The van der Waals surface area contributed by atoms with Gasteiger partial charge in [-0.3, -0.25) is 18.6 Å². The van der Waals surface area contributed by atoms with Gasteiger partial charge in [-0.1, -0.05) is 272 Å². The molecule has 0 heterocycles. The second-order valence-corrected chi connectivity index (χ2v) is 22.3. The Morgan fingerprint density at radius 1 is 0.408 bits per heavy atom. The van der Waals surface area contributed by atoms with E-state index in [4.69, 9.17) is 24.3 Å². The van der Waals surface area contributed by atoms with Crippen LogP contribution in [0.2, 0.25) is 0 Å². The number of hydrogen-bond donors (Lipinski definition) is 2. The average Bonchev–Trinajstić information content (AvgIpc) is 3.41. The SMILES string of the molecule is CC/C=C\C/C=C\C/C=C\C/C=C\C/C=C\C/C=C\CCCCCCCCCCCCCCCCCCCCCCCCC(=O)OC(COC(=O)CCCCCCC/C=C\CCCCCCC)COP(=O)(O)OCCN. The molecular weight excluding hydrogens is 966 g/mol. The highest BCUT2D eigenvalue weighted by Gasteiger charge is 2.26. The molecule has 0 saturated heterocycles. The molecule has 76 heavy (non-hydrogen) atoms. The predicted molar refractivity (Wildman–Crippen MR) is 325 cm³/mol. The van der Waals surface area contributed by atoms with E-state index >= 15 is 0 Å². The summed E-state index contributed by atoms with van der Waals surface area (Å²) in [5.74, 6) is -0.829. The summed E-state index contributed by atoms with van der Waals surface area (Å²) in [7, 11) is -4.39. The van der Waals surface area contributed by atoms with Gasteiger partial charge in [-0.2, -0.15) is 0 Å². The lowest BCUT2D eigenvalue weighted by Crippen LogP contribution is -2.29. The van der Waals surface area contributed by atoms with Gasteiger partial charge in [0.05, 0.1) is 13.2 Å². The zero-order valence-corrected chi connectivity index (χ0v) is 50.1. The molecule has 10 heteroatoms. The number of hydrogen-bond acceptors (Lipinski definition) is 8. The highest BCUT2D eigenvalue weighted by Crippen LogP contribution is 2.43.